The van der Waals surface area contributed by atoms with Crippen LogP contribution in [0.2, 0.25) is 0 Å². The predicted molar refractivity (Wildman–Crippen MR) is 72.3 cm³/mol. The fraction of sp³-hybridized carbons (Fsp3) is 0.688. The number of rotatable bonds is 2. The minimum Gasteiger partial charge on any atom is -0.478 e. The van der Waals surface area contributed by atoms with Crippen LogP contribution in [0.15, 0.2) is 6.20 Å². The molecule has 4 aliphatic carbocycles. The number of carbonyl (C=O) groups is 1. The van der Waals surface area contributed by atoms with Crippen molar-refractivity contribution in [1.29, 1.82) is 0 Å². The summed E-state index contributed by atoms with van der Waals surface area (Å²) in [7, 11) is 0. The molecule has 1 aromatic heterocycles. The Morgan fingerprint density at radius 2 is 1.74 bits per heavy atom. The molecule has 0 spiro atoms. The van der Waals surface area contributed by atoms with Gasteiger partial charge in [-0.2, -0.15) is 0 Å². The number of nitrogens with one attached hydrogen (secondary N) is 1. The highest BCUT2D eigenvalue weighted by molar-refractivity contribution is 5.91. The number of hydrogen-bond donors (Lipinski definition) is 2. The zero-order chi connectivity index (χ0) is 13.1. The van der Waals surface area contributed by atoms with Gasteiger partial charge in [0.1, 0.15) is 0 Å². The highest BCUT2D eigenvalue weighted by atomic mass is 16.4. The van der Waals surface area contributed by atoms with Crippen molar-refractivity contribution >= 4 is 5.97 Å². The number of H-pyrrole nitrogens is 1. The molecule has 4 fully saturated rings. The van der Waals surface area contributed by atoms with E-state index in [1.807, 2.05) is 13.1 Å². The molecule has 3 heteroatoms. The lowest BCUT2D eigenvalue weighted by Gasteiger charge is -2.54. The first-order chi connectivity index (χ1) is 9.13. The summed E-state index contributed by atoms with van der Waals surface area (Å²) in [5.41, 5.74) is 2.47. The smallest absolute Gasteiger partial charge is 0.337 e. The predicted octanol–water partition coefficient (Wildman–Crippen LogP) is 3.56. The summed E-state index contributed by atoms with van der Waals surface area (Å²) in [6, 6.07) is 0. The monoisotopic (exact) mass is 259 g/mol. The Balaban J connectivity index is 1.75. The number of carboxylic acids is 1. The maximum Gasteiger partial charge on any atom is 0.337 e. The first-order valence-corrected chi connectivity index (χ1v) is 7.54. The SMILES string of the molecule is Cc1c[nH]c(C2C3CC4CC(C3)CC2C4)c1C(=O)O. The molecule has 2 N–H and O–H groups in total. The average Bonchev–Trinajstić information content (AvgIpc) is 2.69. The number of hydrogen-bond acceptors (Lipinski definition) is 1. The topological polar surface area (TPSA) is 53.1 Å². The molecular weight excluding hydrogens is 238 g/mol. The molecule has 0 aliphatic heterocycles. The third kappa shape index (κ3) is 1.60. The molecular formula is C16H21NO2. The third-order valence-corrected chi connectivity index (χ3v) is 5.88. The van der Waals surface area contributed by atoms with Gasteiger partial charge in [-0.1, -0.05) is 0 Å². The molecule has 0 aromatic carbocycles. The molecule has 1 aromatic rings. The van der Waals surface area contributed by atoms with Gasteiger partial charge in [0.05, 0.1) is 5.56 Å². The number of aryl methyl sites for hydroxylation is 1. The minimum atomic E-state index is -0.762. The molecule has 102 valence electrons. The Labute approximate surface area is 113 Å². The lowest BCUT2D eigenvalue weighted by Crippen LogP contribution is -2.44. The number of aromatic carboxylic acids is 1. The Bertz CT molecular complexity index is 503. The van der Waals surface area contributed by atoms with E-state index in [1.54, 1.807) is 0 Å². The Morgan fingerprint density at radius 3 is 2.26 bits per heavy atom. The molecule has 1 heterocycles. The number of carboxylic acid groups (broad SMARTS) is 1. The average molecular weight is 259 g/mol. The van der Waals surface area contributed by atoms with Gasteiger partial charge >= 0.3 is 5.97 Å². The van der Waals surface area contributed by atoms with Crippen LogP contribution in [0.5, 0.6) is 0 Å². The van der Waals surface area contributed by atoms with Crippen LogP contribution in [0.1, 0.15) is 59.6 Å². The van der Waals surface area contributed by atoms with Gasteiger partial charge in [-0.15, -0.1) is 0 Å². The van der Waals surface area contributed by atoms with Crippen molar-refractivity contribution in [3.8, 4) is 0 Å². The molecule has 0 unspecified atom stereocenters. The summed E-state index contributed by atoms with van der Waals surface area (Å²) in [6.07, 6.45) is 8.63. The summed E-state index contributed by atoms with van der Waals surface area (Å²) in [5.74, 6) is 3.04. The second-order valence-corrected chi connectivity index (χ2v) is 7.02. The fourth-order valence-electron chi connectivity index (χ4n) is 5.49. The quantitative estimate of drug-likeness (QED) is 0.853. The molecule has 0 amide bonds. The van der Waals surface area contributed by atoms with E-state index in [0.717, 1.165) is 34.9 Å². The van der Waals surface area contributed by atoms with Crippen LogP contribution in [0, 0.1) is 30.6 Å². The van der Waals surface area contributed by atoms with Crippen LogP contribution in [-0.2, 0) is 0 Å². The standard InChI is InChI=1S/C16H21NO2/c1-8-7-17-15(13(8)16(18)19)14-11-3-9-2-10(5-11)6-12(14)4-9/h7,9-12,14,17H,2-6H2,1H3,(H,18,19). The van der Waals surface area contributed by atoms with Gasteiger partial charge < -0.3 is 10.1 Å². The zero-order valence-corrected chi connectivity index (χ0v) is 11.4. The largest absolute Gasteiger partial charge is 0.478 e. The fourth-order valence-corrected chi connectivity index (χ4v) is 5.49. The van der Waals surface area contributed by atoms with E-state index in [9.17, 15) is 9.90 Å². The maximum absolute atomic E-state index is 11.5. The molecule has 4 aliphatic rings. The molecule has 0 radical (unpaired) electrons. The van der Waals surface area contributed by atoms with Crippen molar-refractivity contribution in [2.45, 2.75) is 44.9 Å². The summed E-state index contributed by atoms with van der Waals surface area (Å²) in [4.78, 5) is 14.8. The Kier molecular flexibility index (Phi) is 2.36. The van der Waals surface area contributed by atoms with Gasteiger partial charge in [-0.3, -0.25) is 0 Å². The van der Waals surface area contributed by atoms with E-state index in [2.05, 4.69) is 4.98 Å². The van der Waals surface area contributed by atoms with Gasteiger partial charge in [-0.25, -0.2) is 4.79 Å². The minimum absolute atomic E-state index is 0.479. The van der Waals surface area contributed by atoms with E-state index >= 15 is 0 Å². The van der Waals surface area contributed by atoms with Crippen molar-refractivity contribution in [2.24, 2.45) is 23.7 Å². The lowest BCUT2D eigenvalue weighted by molar-refractivity contribution is -0.00437. The lowest BCUT2D eigenvalue weighted by atomic mass is 9.51. The normalized spacial score (nSPS) is 39.7. The first-order valence-electron chi connectivity index (χ1n) is 7.54. The summed E-state index contributed by atoms with van der Waals surface area (Å²) in [6.45, 7) is 1.90. The van der Waals surface area contributed by atoms with E-state index < -0.39 is 5.97 Å². The number of aromatic amines is 1. The summed E-state index contributed by atoms with van der Waals surface area (Å²) >= 11 is 0. The van der Waals surface area contributed by atoms with E-state index in [1.165, 1.54) is 32.1 Å². The van der Waals surface area contributed by atoms with Crippen LogP contribution in [-0.4, -0.2) is 16.1 Å². The zero-order valence-electron chi connectivity index (χ0n) is 11.4. The molecule has 4 bridgehead atoms. The van der Waals surface area contributed by atoms with Gasteiger partial charge in [0.25, 0.3) is 0 Å². The highest BCUT2D eigenvalue weighted by Crippen LogP contribution is 2.59. The Morgan fingerprint density at radius 1 is 1.16 bits per heavy atom. The molecule has 4 saturated carbocycles. The van der Waals surface area contributed by atoms with Crippen LogP contribution < -0.4 is 0 Å². The Hall–Kier alpha value is -1.25. The second-order valence-electron chi connectivity index (χ2n) is 7.02. The molecule has 0 saturated heterocycles. The first kappa shape index (κ1) is 11.6. The highest BCUT2D eigenvalue weighted by Gasteiger charge is 2.49. The van der Waals surface area contributed by atoms with E-state index in [-0.39, 0.29) is 0 Å². The molecule has 19 heavy (non-hydrogen) atoms. The summed E-state index contributed by atoms with van der Waals surface area (Å²) in [5, 5.41) is 9.47. The van der Waals surface area contributed by atoms with Crippen molar-refractivity contribution in [3.63, 3.8) is 0 Å². The molecule has 5 rings (SSSR count). The van der Waals surface area contributed by atoms with Crippen LogP contribution in [0.4, 0.5) is 0 Å². The van der Waals surface area contributed by atoms with Gasteiger partial charge in [0.2, 0.25) is 0 Å². The second kappa shape index (κ2) is 3.87. The van der Waals surface area contributed by atoms with E-state index in [0.29, 0.717) is 11.5 Å². The van der Waals surface area contributed by atoms with Crippen molar-refractivity contribution in [2.75, 3.05) is 0 Å². The van der Waals surface area contributed by atoms with Gasteiger partial charge in [0.15, 0.2) is 0 Å². The maximum atomic E-state index is 11.5. The summed E-state index contributed by atoms with van der Waals surface area (Å²) < 4.78 is 0. The van der Waals surface area contributed by atoms with Crippen LogP contribution >= 0.6 is 0 Å². The molecule has 0 atom stereocenters. The van der Waals surface area contributed by atoms with Gasteiger partial charge in [-0.05, 0) is 68.3 Å². The van der Waals surface area contributed by atoms with Crippen LogP contribution in [0.25, 0.3) is 0 Å². The van der Waals surface area contributed by atoms with Crippen molar-refractivity contribution in [3.05, 3.63) is 23.0 Å². The molecule has 3 nitrogen and oxygen atoms in total. The third-order valence-electron chi connectivity index (χ3n) is 5.88. The van der Waals surface area contributed by atoms with Crippen molar-refractivity contribution in [1.82, 2.24) is 4.98 Å². The van der Waals surface area contributed by atoms with Crippen molar-refractivity contribution < 1.29 is 9.90 Å². The van der Waals surface area contributed by atoms with Crippen LogP contribution in [0.3, 0.4) is 0 Å². The van der Waals surface area contributed by atoms with Gasteiger partial charge in [0, 0.05) is 17.8 Å². The number of aromatic nitrogens is 1. The van der Waals surface area contributed by atoms with E-state index in [4.69, 9.17) is 0 Å².